The molecule has 0 saturated carbocycles. The molecule has 0 radical (unpaired) electrons. The van der Waals surface area contributed by atoms with Gasteiger partial charge in [-0.15, -0.1) is 0 Å². The van der Waals surface area contributed by atoms with Crippen LogP contribution in [-0.2, 0) is 20.5 Å². The van der Waals surface area contributed by atoms with Gasteiger partial charge in [0.25, 0.3) is 0 Å². The van der Waals surface area contributed by atoms with Crippen LogP contribution in [0.3, 0.4) is 0 Å². The molecule has 0 aliphatic heterocycles. The Kier molecular flexibility index (Phi) is 6.86. The Hall–Kier alpha value is -3.23. The summed E-state index contributed by atoms with van der Waals surface area (Å²) in [6.45, 7) is 1.50. The maximum absolute atomic E-state index is 12.5. The summed E-state index contributed by atoms with van der Waals surface area (Å²) in [5.74, 6) is -0.437. The van der Waals surface area contributed by atoms with Crippen molar-refractivity contribution in [1.82, 2.24) is 0 Å². The van der Waals surface area contributed by atoms with E-state index in [0.717, 1.165) is 17.7 Å². The Morgan fingerprint density at radius 1 is 1.07 bits per heavy atom. The van der Waals surface area contributed by atoms with Crippen LogP contribution in [0.15, 0.2) is 42.5 Å². The Labute approximate surface area is 159 Å². The van der Waals surface area contributed by atoms with Gasteiger partial charge >= 0.3 is 12.1 Å². The molecule has 2 rings (SSSR count). The molecule has 0 fully saturated rings. The van der Waals surface area contributed by atoms with Gasteiger partial charge in [-0.3, -0.25) is 4.79 Å². The van der Waals surface area contributed by atoms with Gasteiger partial charge in [-0.05, 0) is 55.0 Å². The summed E-state index contributed by atoms with van der Waals surface area (Å²) < 4.78 is 47.4. The van der Waals surface area contributed by atoms with E-state index >= 15 is 0 Å². The number of rotatable bonds is 7. The van der Waals surface area contributed by atoms with Gasteiger partial charge in [0.1, 0.15) is 5.75 Å². The zero-order valence-electron chi connectivity index (χ0n) is 15.2. The van der Waals surface area contributed by atoms with Crippen molar-refractivity contribution >= 4 is 23.3 Å². The van der Waals surface area contributed by atoms with Crippen molar-refractivity contribution in [1.29, 1.82) is 0 Å². The summed E-state index contributed by atoms with van der Waals surface area (Å²) >= 11 is 0. The third-order valence-corrected chi connectivity index (χ3v) is 3.72. The number of benzene rings is 2. The molecular weight excluding hydrogens is 377 g/mol. The van der Waals surface area contributed by atoms with E-state index in [1.54, 1.807) is 25.1 Å². The number of hydrogen-bond donors (Lipinski definition) is 2. The Morgan fingerprint density at radius 2 is 1.75 bits per heavy atom. The largest absolute Gasteiger partial charge is 0.482 e. The predicted octanol–water partition coefficient (Wildman–Crippen LogP) is 3.62. The lowest BCUT2D eigenvalue weighted by molar-refractivity contribution is -0.143. The van der Waals surface area contributed by atoms with E-state index in [0.29, 0.717) is 11.4 Å². The Morgan fingerprint density at radius 3 is 2.32 bits per heavy atom. The average molecular weight is 396 g/mol. The Bertz CT molecular complexity index is 836. The van der Waals surface area contributed by atoms with Crippen LogP contribution >= 0.6 is 0 Å². The zero-order chi connectivity index (χ0) is 20.7. The molecule has 0 saturated heterocycles. The summed E-state index contributed by atoms with van der Waals surface area (Å²) in [4.78, 5) is 23.1. The lowest BCUT2D eigenvalue weighted by atomic mass is 10.2. The number of halogens is 3. The molecular formula is C19H19F3N2O4. The minimum Gasteiger partial charge on any atom is -0.482 e. The number of carbonyl (C=O) groups excluding carboxylic acids is 2. The maximum atomic E-state index is 12.5. The van der Waals surface area contributed by atoms with Crippen LogP contribution in [0.1, 0.15) is 11.1 Å². The molecule has 0 heterocycles. The molecule has 0 aliphatic carbocycles. The van der Waals surface area contributed by atoms with E-state index in [9.17, 15) is 22.8 Å². The van der Waals surface area contributed by atoms with E-state index in [-0.39, 0.29) is 18.8 Å². The molecule has 2 aromatic carbocycles. The molecule has 28 heavy (non-hydrogen) atoms. The quantitative estimate of drug-likeness (QED) is 0.699. The summed E-state index contributed by atoms with van der Waals surface area (Å²) in [5, 5.41) is 5.45. The number of aryl methyl sites for hydroxylation is 1. The first kappa shape index (κ1) is 21.1. The molecule has 150 valence electrons. The molecule has 0 aliphatic rings. The molecule has 9 heteroatoms. The van der Waals surface area contributed by atoms with Gasteiger partial charge in [0, 0.05) is 11.4 Å². The fraction of sp³-hybridized carbons (Fsp3) is 0.263. The second-order valence-electron chi connectivity index (χ2n) is 5.82. The number of amides is 1. The highest BCUT2D eigenvalue weighted by molar-refractivity contribution is 5.93. The van der Waals surface area contributed by atoms with Gasteiger partial charge in [-0.2, -0.15) is 13.2 Å². The van der Waals surface area contributed by atoms with Crippen LogP contribution in [0.4, 0.5) is 24.5 Å². The normalized spacial score (nSPS) is 10.9. The first-order chi connectivity index (χ1) is 13.2. The zero-order valence-corrected chi connectivity index (χ0v) is 15.2. The third kappa shape index (κ3) is 6.19. The summed E-state index contributed by atoms with van der Waals surface area (Å²) in [6, 6.07) is 9.21. The third-order valence-electron chi connectivity index (χ3n) is 3.72. The van der Waals surface area contributed by atoms with Crippen LogP contribution in [0.25, 0.3) is 0 Å². The van der Waals surface area contributed by atoms with Crippen molar-refractivity contribution < 1.29 is 32.2 Å². The van der Waals surface area contributed by atoms with E-state index in [1.165, 1.54) is 19.2 Å². The summed E-state index contributed by atoms with van der Waals surface area (Å²) in [7, 11) is 1.26. The van der Waals surface area contributed by atoms with Crippen molar-refractivity contribution in [3.63, 3.8) is 0 Å². The first-order valence-corrected chi connectivity index (χ1v) is 8.20. The topological polar surface area (TPSA) is 76.7 Å². The number of anilines is 2. The van der Waals surface area contributed by atoms with E-state index < -0.39 is 23.6 Å². The van der Waals surface area contributed by atoms with E-state index in [4.69, 9.17) is 4.74 Å². The highest BCUT2D eigenvalue weighted by atomic mass is 19.4. The van der Waals surface area contributed by atoms with Crippen molar-refractivity contribution in [2.45, 2.75) is 13.1 Å². The molecule has 0 bridgehead atoms. The molecule has 6 nitrogen and oxygen atoms in total. The van der Waals surface area contributed by atoms with Crippen LogP contribution in [0, 0.1) is 6.92 Å². The number of hydrogen-bond acceptors (Lipinski definition) is 5. The van der Waals surface area contributed by atoms with Gasteiger partial charge in [0.05, 0.1) is 19.2 Å². The maximum Gasteiger partial charge on any atom is 0.416 e. The second-order valence-corrected chi connectivity index (χ2v) is 5.82. The van der Waals surface area contributed by atoms with Crippen LogP contribution in [0.5, 0.6) is 5.75 Å². The minimum atomic E-state index is -4.42. The van der Waals surface area contributed by atoms with E-state index in [2.05, 4.69) is 15.4 Å². The van der Waals surface area contributed by atoms with E-state index in [1.807, 2.05) is 0 Å². The van der Waals surface area contributed by atoms with Gasteiger partial charge < -0.3 is 20.1 Å². The molecule has 2 N–H and O–H groups in total. The summed E-state index contributed by atoms with van der Waals surface area (Å²) in [5.41, 5.74) is 0.939. The average Bonchev–Trinajstić information content (AvgIpc) is 2.65. The van der Waals surface area contributed by atoms with Crippen LogP contribution < -0.4 is 15.4 Å². The lowest BCUT2D eigenvalue weighted by Gasteiger charge is -2.12. The molecule has 0 aromatic heterocycles. The molecule has 0 spiro atoms. The number of alkyl halides is 3. The van der Waals surface area contributed by atoms with Crippen LogP contribution in [-0.4, -0.2) is 32.1 Å². The fourth-order valence-electron chi connectivity index (χ4n) is 2.25. The van der Waals surface area contributed by atoms with Gasteiger partial charge in [0.15, 0.2) is 6.61 Å². The van der Waals surface area contributed by atoms with Gasteiger partial charge in [-0.25, -0.2) is 4.79 Å². The number of carbonyl (C=O) groups is 2. The van der Waals surface area contributed by atoms with Crippen LogP contribution in [0.2, 0.25) is 0 Å². The van der Waals surface area contributed by atoms with Gasteiger partial charge in [-0.1, -0.05) is 0 Å². The number of methoxy groups -OCH3 is 1. The van der Waals surface area contributed by atoms with Crippen molar-refractivity contribution in [2.75, 3.05) is 30.9 Å². The summed E-state index contributed by atoms with van der Waals surface area (Å²) in [6.07, 6.45) is -4.42. The molecule has 1 amide bonds. The number of ether oxygens (including phenoxy) is 2. The van der Waals surface area contributed by atoms with Crippen molar-refractivity contribution in [2.24, 2.45) is 0 Å². The monoisotopic (exact) mass is 396 g/mol. The highest BCUT2D eigenvalue weighted by Gasteiger charge is 2.29. The molecule has 2 aromatic rings. The fourth-order valence-corrected chi connectivity index (χ4v) is 2.25. The predicted molar refractivity (Wildman–Crippen MR) is 97.3 cm³/mol. The van der Waals surface area contributed by atoms with Crippen molar-refractivity contribution in [3.8, 4) is 5.75 Å². The minimum absolute atomic E-state index is 0.0791. The Balaban J connectivity index is 1.87. The van der Waals surface area contributed by atoms with Crippen molar-refractivity contribution in [3.05, 3.63) is 53.6 Å². The van der Waals surface area contributed by atoms with Gasteiger partial charge in [0.2, 0.25) is 5.91 Å². The molecule has 0 unspecified atom stereocenters. The first-order valence-electron chi connectivity index (χ1n) is 8.20. The smallest absolute Gasteiger partial charge is 0.416 e. The molecule has 0 atom stereocenters. The SMILES string of the molecule is COC(=O)COc1ccc(NCC(=O)Nc2ccc(C(F)(F)F)cc2)c(C)c1. The highest BCUT2D eigenvalue weighted by Crippen LogP contribution is 2.29. The number of esters is 1. The number of nitrogens with one attached hydrogen (secondary N) is 2. The lowest BCUT2D eigenvalue weighted by Crippen LogP contribution is -2.22. The standard InChI is InChI=1S/C19H19F3N2O4/c1-12-9-15(28-11-18(26)27-2)7-8-16(12)23-10-17(25)24-14-5-3-13(4-6-14)19(20,21)22/h3-9,23H,10-11H2,1-2H3,(H,24,25). The second kappa shape index (κ2) is 9.12.